The van der Waals surface area contributed by atoms with Crippen molar-refractivity contribution in [3.63, 3.8) is 0 Å². The van der Waals surface area contributed by atoms with E-state index in [4.69, 9.17) is 0 Å². The fourth-order valence-corrected chi connectivity index (χ4v) is 2.17. The van der Waals surface area contributed by atoms with E-state index in [9.17, 15) is 14.9 Å². The maximum absolute atomic E-state index is 11.9. The van der Waals surface area contributed by atoms with Gasteiger partial charge in [0, 0.05) is 16.6 Å². The van der Waals surface area contributed by atoms with Crippen LogP contribution in [0.1, 0.15) is 18.1 Å². The van der Waals surface area contributed by atoms with Crippen LogP contribution in [0.5, 0.6) is 0 Å². The molecule has 0 aromatic heterocycles. The highest BCUT2D eigenvalue weighted by Crippen LogP contribution is 2.13. The Labute approximate surface area is 141 Å². The molecule has 0 aliphatic heterocycles. The number of hydrogen-bond donors (Lipinski definition) is 1. The van der Waals surface area contributed by atoms with E-state index in [-0.39, 0.29) is 18.0 Å². The number of nitrogens with one attached hydrogen (secondary N) is 1. The largest absolute Gasteiger partial charge is 0.273 e. The first-order valence-corrected chi connectivity index (χ1v) is 7.57. The van der Waals surface area contributed by atoms with Crippen molar-refractivity contribution in [2.75, 3.05) is 0 Å². The van der Waals surface area contributed by atoms with E-state index < -0.39 is 4.92 Å². The molecule has 0 saturated heterocycles. The highest BCUT2D eigenvalue weighted by atomic mass is 79.9. The van der Waals surface area contributed by atoms with Crippen molar-refractivity contribution in [3.8, 4) is 0 Å². The maximum Gasteiger partial charge on any atom is 0.269 e. The van der Waals surface area contributed by atoms with Crippen LogP contribution in [0.25, 0.3) is 0 Å². The molecule has 0 fully saturated rings. The average Bonchev–Trinajstić information content (AvgIpc) is 2.53. The lowest BCUT2D eigenvalue weighted by Gasteiger charge is -2.04. The van der Waals surface area contributed by atoms with Crippen molar-refractivity contribution in [1.29, 1.82) is 0 Å². The summed E-state index contributed by atoms with van der Waals surface area (Å²) < 4.78 is 0.962. The molecule has 0 heterocycles. The maximum atomic E-state index is 11.9. The molecule has 118 valence electrons. The third-order valence-electron chi connectivity index (χ3n) is 3.10. The van der Waals surface area contributed by atoms with Crippen LogP contribution in [0.2, 0.25) is 0 Å². The number of hydrazone groups is 1. The number of carbonyl (C=O) groups is 1. The van der Waals surface area contributed by atoms with Gasteiger partial charge in [-0.15, -0.1) is 0 Å². The van der Waals surface area contributed by atoms with Gasteiger partial charge in [-0.3, -0.25) is 14.9 Å². The molecule has 2 aromatic carbocycles. The van der Waals surface area contributed by atoms with Gasteiger partial charge in [-0.05, 0) is 30.2 Å². The van der Waals surface area contributed by atoms with Crippen LogP contribution in [0, 0.1) is 10.1 Å². The van der Waals surface area contributed by atoms with Gasteiger partial charge in [0.1, 0.15) is 0 Å². The third kappa shape index (κ3) is 5.00. The van der Waals surface area contributed by atoms with Crippen LogP contribution < -0.4 is 5.43 Å². The van der Waals surface area contributed by atoms with E-state index >= 15 is 0 Å². The summed E-state index contributed by atoms with van der Waals surface area (Å²) >= 11 is 3.35. The van der Waals surface area contributed by atoms with Crippen molar-refractivity contribution in [2.45, 2.75) is 13.3 Å². The Morgan fingerprint density at radius 1 is 1.26 bits per heavy atom. The third-order valence-corrected chi connectivity index (χ3v) is 3.63. The first-order chi connectivity index (χ1) is 11.0. The quantitative estimate of drug-likeness (QED) is 0.493. The number of hydrogen-bond acceptors (Lipinski definition) is 4. The minimum atomic E-state index is -0.489. The molecule has 0 radical (unpaired) electrons. The standard InChI is InChI=1S/C16H14BrN3O3/c1-11(13-5-7-14(17)8-6-13)18-19-16(21)10-12-3-2-4-15(9-12)20(22)23/h2-9H,10H2,1H3,(H,19,21). The second-order valence-electron chi connectivity index (χ2n) is 4.84. The minimum absolute atomic E-state index is 0.0266. The number of non-ortho nitro benzene ring substituents is 1. The van der Waals surface area contributed by atoms with Crippen molar-refractivity contribution >= 4 is 33.2 Å². The van der Waals surface area contributed by atoms with Gasteiger partial charge < -0.3 is 0 Å². The molecule has 1 amide bonds. The van der Waals surface area contributed by atoms with Crippen LogP contribution in [0.4, 0.5) is 5.69 Å². The number of carbonyl (C=O) groups excluding carboxylic acids is 1. The van der Waals surface area contributed by atoms with Crippen molar-refractivity contribution in [2.24, 2.45) is 5.10 Å². The number of nitro benzene ring substituents is 1. The summed E-state index contributed by atoms with van der Waals surface area (Å²) in [7, 11) is 0. The van der Waals surface area contributed by atoms with Gasteiger partial charge in [-0.25, -0.2) is 5.43 Å². The predicted octanol–water partition coefficient (Wildman–Crippen LogP) is 3.44. The molecular weight excluding hydrogens is 362 g/mol. The van der Waals surface area contributed by atoms with Crippen molar-refractivity contribution in [3.05, 3.63) is 74.2 Å². The van der Waals surface area contributed by atoms with E-state index in [1.165, 1.54) is 12.1 Å². The highest BCUT2D eigenvalue weighted by Gasteiger charge is 2.08. The molecule has 2 aromatic rings. The van der Waals surface area contributed by atoms with Crippen LogP contribution in [0.15, 0.2) is 58.1 Å². The average molecular weight is 376 g/mol. The normalized spacial score (nSPS) is 11.1. The first-order valence-electron chi connectivity index (χ1n) is 6.78. The summed E-state index contributed by atoms with van der Waals surface area (Å²) in [5.74, 6) is -0.332. The van der Waals surface area contributed by atoms with Crippen LogP contribution in [-0.4, -0.2) is 16.5 Å². The SMILES string of the molecule is CC(=NNC(=O)Cc1cccc([N+](=O)[O-])c1)c1ccc(Br)cc1. The van der Waals surface area contributed by atoms with Gasteiger partial charge >= 0.3 is 0 Å². The number of halogens is 1. The van der Waals surface area contributed by atoms with Crippen LogP contribution >= 0.6 is 15.9 Å². The van der Waals surface area contributed by atoms with Gasteiger partial charge in [-0.1, -0.05) is 40.2 Å². The fraction of sp³-hybridized carbons (Fsp3) is 0.125. The fourth-order valence-electron chi connectivity index (χ4n) is 1.91. The molecule has 6 nitrogen and oxygen atoms in total. The number of amides is 1. The number of nitrogens with zero attached hydrogens (tertiary/aromatic N) is 2. The van der Waals surface area contributed by atoms with E-state index in [1.54, 1.807) is 19.1 Å². The predicted molar refractivity (Wildman–Crippen MR) is 91.3 cm³/mol. The van der Waals surface area contributed by atoms with Crippen molar-refractivity contribution in [1.82, 2.24) is 5.43 Å². The second-order valence-corrected chi connectivity index (χ2v) is 5.76. The minimum Gasteiger partial charge on any atom is -0.273 e. The van der Waals surface area contributed by atoms with Gasteiger partial charge in [0.15, 0.2) is 0 Å². The number of rotatable bonds is 5. The lowest BCUT2D eigenvalue weighted by Crippen LogP contribution is -2.21. The summed E-state index contributed by atoms with van der Waals surface area (Å²) in [5, 5.41) is 14.8. The zero-order chi connectivity index (χ0) is 16.8. The molecular formula is C16H14BrN3O3. The molecule has 0 spiro atoms. The molecule has 2 rings (SSSR count). The molecule has 0 atom stereocenters. The number of benzene rings is 2. The zero-order valence-electron chi connectivity index (χ0n) is 12.3. The van der Waals surface area contributed by atoms with Gasteiger partial charge in [0.05, 0.1) is 17.1 Å². The molecule has 0 saturated carbocycles. The Hall–Kier alpha value is -2.54. The molecule has 0 aliphatic carbocycles. The summed E-state index contributed by atoms with van der Waals surface area (Å²) in [6.07, 6.45) is 0.0266. The summed E-state index contributed by atoms with van der Waals surface area (Å²) in [5.41, 5.74) is 4.55. The topological polar surface area (TPSA) is 84.6 Å². The lowest BCUT2D eigenvalue weighted by molar-refractivity contribution is -0.384. The van der Waals surface area contributed by atoms with E-state index in [2.05, 4.69) is 26.5 Å². The smallest absolute Gasteiger partial charge is 0.269 e. The highest BCUT2D eigenvalue weighted by molar-refractivity contribution is 9.10. The molecule has 0 unspecified atom stereocenters. The lowest BCUT2D eigenvalue weighted by atomic mass is 10.1. The summed E-state index contributed by atoms with van der Waals surface area (Å²) in [6, 6.07) is 13.5. The van der Waals surface area contributed by atoms with Gasteiger partial charge in [0.2, 0.25) is 5.91 Å². The molecule has 23 heavy (non-hydrogen) atoms. The Balaban J connectivity index is 1.99. The van der Waals surface area contributed by atoms with Crippen LogP contribution in [0.3, 0.4) is 0 Å². The summed E-state index contributed by atoms with van der Waals surface area (Å²) in [6.45, 7) is 1.79. The monoisotopic (exact) mass is 375 g/mol. The van der Waals surface area contributed by atoms with Crippen molar-refractivity contribution < 1.29 is 9.72 Å². The van der Waals surface area contributed by atoms with Gasteiger partial charge in [-0.2, -0.15) is 5.10 Å². The first kappa shape index (κ1) is 16.8. The molecule has 7 heteroatoms. The number of nitro groups is 1. The Morgan fingerprint density at radius 2 is 1.96 bits per heavy atom. The summed E-state index contributed by atoms with van der Waals surface area (Å²) in [4.78, 5) is 22.1. The second kappa shape index (κ2) is 7.64. The Morgan fingerprint density at radius 3 is 2.61 bits per heavy atom. The zero-order valence-corrected chi connectivity index (χ0v) is 13.9. The van der Waals surface area contributed by atoms with Gasteiger partial charge in [0.25, 0.3) is 5.69 Å². The van der Waals surface area contributed by atoms with E-state index in [0.29, 0.717) is 11.3 Å². The Kier molecular flexibility index (Phi) is 5.59. The molecule has 0 aliphatic rings. The molecule has 0 bridgehead atoms. The molecule has 1 N–H and O–H groups in total. The van der Waals surface area contributed by atoms with Crippen LogP contribution in [-0.2, 0) is 11.2 Å². The van der Waals surface area contributed by atoms with E-state index in [0.717, 1.165) is 10.0 Å². The van der Waals surface area contributed by atoms with E-state index in [1.807, 2.05) is 24.3 Å². The Bertz CT molecular complexity index is 757.